The third-order valence-corrected chi connectivity index (χ3v) is 3.45. The van der Waals surface area contributed by atoms with Gasteiger partial charge in [0.2, 0.25) is 0 Å². The summed E-state index contributed by atoms with van der Waals surface area (Å²) in [7, 11) is 1.59. The van der Waals surface area contributed by atoms with E-state index in [0.29, 0.717) is 24.7 Å². The van der Waals surface area contributed by atoms with Crippen molar-refractivity contribution in [1.82, 2.24) is 5.32 Å². The lowest BCUT2D eigenvalue weighted by molar-refractivity contribution is -0.127. The second-order valence-corrected chi connectivity index (χ2v) is 5.20. The predicted octanol–water partition coefficient (Wildman–Crippen LogP) is 3.18. The van der Waals surface area contributed by atoms with Gasteiger partial charge in [-0.15, -0.1) is 0 Å². The van der Waals surface area contributed by atoms with Gasteiger partial charge in [-0.3, -0.25) is 4.79 Å². The van der Waals surface area contributed by atoms with Crippen LogP contribution in [0.2, 0.25) is 0 Å². The number of carbonyl (C=O) groups is 1. The number of hydrogen-bond acceptors (Lipinski definition) is 4. The molecular weight excluding hydrogens is 306 g/mol. The summed E-state index contributed by atoms with van der Waals surface area (Å²) in [5, 5.41) is 2.87. The molecule has 2 aromatic carbocycles. The van der Waals surface area contributed by atoms with Crippen molar-refractivity contribution in [3.05, 3.63) is 54.1 Å². The summed E-state index contributed by atoms with van der Waals surface area (Å²) in [6.45, 7) is 4.61. The fraction of sp³-hybridized carbons (Fsp3) is 0.316. The molecule has 0 fully saturated rings. The first-order valence-corrected chi connectivity index (χ1v) is 7.93. The van der Waals surface area contributed by atoms with E-state index >= 15 is 0 Å². The summed E-state index contributed by atoms with van der Waals surface area (Å²) < 4.78 is 16.4. The summed E-state index contributed by atoms with van der Waals surface area (Å²) in [5.74, 6) is 1.86. The highest BCUT2D eigenvalue weighted by Gasteiger charge is 2.15. The van der Waals surface area contributed by atoms with E-state index in [4.69, 9.17) is 14.2 Å². The Morgan fingerprint density at radius 3 is 2.62 bits per heavy atom. The molecule has 128 valence electrons. The van der Waals surface area contributed by atoms with Crippen molar-refractivity contribution in [1.29, 1.82) is 0 Å². The molecule has 0 saturated carbocycles. The third-order valence-electron chi connectivity index (χ3n) is 3.45. The number of ether oxygens (including phenoxy) is 3. The minimum absolute atomic E-state index is 0.191. The minimum atomic E-state index is -0.614. The van der Waals surface area contributed by atoms with Crippen LogP contribution in [0, 0.1) is 0 Å². The van der Waals surface area contributed by atoms with E-state index in [2.05, 4.69) is 5.32 Å². The van der Waals surface area contributed by atoms with Crippen molar-refractivity contribution in [2.24, 2.45) is 0 Å². The Morgan fingerprint density at radius 2 is 1.88 bits per heavy atom. The van der Waals surface area contributed by atoms with Gasteiger partial charge in [-0.1, -0.05) is 24.3 Å². The van der Waals surface area contributed by atoms with Crippen LogP contribution in [0.5, 0.6) is 17.2 Å². The maximum atomic E-state index is 12.2. The zero-order valence-corrected chi connectivity index (χ0v) is 14.2. The van der Waals surface area contributed by atoms with Gasteiger partial charge in [0.25, 0.3) is 5.91 Å². The topological polar surface area (TPSA) is 56.8 Å². The molecule has 1 amide bonds. The van der Waals surface area contributed by atoms with Crippen molar-refractivity contribution in [2.75, 3.05) is 13.7 Å². The molecule has 0 unspecified atom stereocenters. The van der Waals surface area contributed by atoms with Crippen LogP contribution >= 0.6 is 0 Å². The normalized spacial score (nSPS) is 11.5. The van der Waals surface area contributed by atoms with Crippen LogP contribution in [0.25, 0.3) is 0 Å². The first-order valence-electron chi connectivity index (χ1n) is 7.93. The molecule has 1 N–H and O–H groups in total. The number of rotatable bonds is 8. The maximum absolute atomic E-state index is 12.2. The Kier molecular flexibility index (Phi) is 6.49. The standard InChI is InChI=1S/C19H23NO4/c1-4-23-18-11-6-5-8-15(18)13-20-19(21)14(2)24-17-10-7-9-16(12-17)22-3/h5-12,14H,4,13H2,1-3H3,(H,20,21)/t14-/m0/s1. The van der Waals surface area contributed by atoms with Gasteiger partial charge in [0.1, 0.15) is 17.2 Å². The smallest absolute Gasteiger partial charge is 0.261 e. The zero-order chi connectivity index (χ0) is 17.4. The highest BCUT2D eigenvalue weighted by molar-refractivity contribution is 5.80. The fourth-order valence-corrected chi connectivity index (χ4v) is 2.20. The molecule has 0 radical (unpaired) electrons. The van der Waals surface area contributed by atoms with Gasteiger partial charge in [0.05, 0.1) is 13.7 Å². The molecular formula is C19H23NO4. The summed E-state index contributed by atoms with van der Waals surface area (Å²) in [6.07, 6.45) is -0.614. The van der Waals surface area contributed by atoms with Gasteiger partial charge in [0, 0.05) is 18.2 Å². The number of nitrogens with one attached hydrogen (secondary N) is 1. The number of hydrogen-bond donors (Lipinski definition) is 1. The summed E-state index contributed by atoms with van der Waals surface area (Å²) in [4.78, 5) is 12.2. The third kappa shape index (κ3) is 4.91. The number of benzene rings is 2. The van der Waals surface area contributed by atoms with Crippen LogP contribution in [0.1, 0.15) is 19.4 Å². The number of carbonyl (C=O) groups excluding carboxylic acids is 1. The Hall–Kier alpha value is -2.69. The first-order chi connectivity index (χ1) is 11.6. The highest BCUT2D eigenvalue weighted by Crippen LogP contribution is 2.20. The van der Waals surface area contributed by atoms with E-state index in [0.717, 1.165) is 11.3 Å². The Balaban J connectivity index is 1.92. The van der Waals surface area contributed by atoms with Crippen molar-refractivity contribution in [3.8, 4) is 17.2 Å². The van der Waals surface area contributed by atoms with Gasteiger partial charge in [-0.25, -0.2) is 0 Å². The highest BCUT2D eigenvalue weighted by atomic mass is 16.5. The van der Waals surface area contributed by atoms with E-state index in [1.165, 1.54) is 0 Å². The van der Waals surface area contributed by atoms with E-state index in [1.807, 2.05) is 43.3 Å². The molecule has 0 aromatic heterocycles. The molecule has 0 heterocycles. The maximum Gasteiger partial charge on any atom is 0.261 e. The van der Waals surface area contributed by atoms with Crippen LogP contribution in [0.4, 0.5) is 0 Å². The summed E-state index contributed by atoms with van der Waals surface area (Å²) in [5.41, 5.74) is 0.932. The molecule has 0 aliphatic carbocycles. The first kappa shape index (κ1) is 17.7. The number of para-hydroxylation sites is 1. The Morgan fingerprint density at radius 1 is 1.12 bits per heavy atom. The quantitative estimate of drug-likeness (QED) is 0.808. The lowest BCUT2D eigenvalue weighted by Crippen LogP contribution is -2.36. The molecule has 5 nitrogen and oxygen atoms in total. The second-order valence-electron chi connectivity index (χ2n) is 5.20. The summed E-state index contributed by atoms with van der Waals surface area (Å²) in [6, 6.07) is 14.8. The van der Waals surface area contributed by atoms with Crippen molar-refractivity contribution in [2.45, 2.75) is 26.5 Å². The molecule has 0 spiro atoms. The van der Waals surface area contributed by atoms with Crippen LogP contribution in [0.15, 0.2) is 48.5 Å². The van der Waals surface area contributed by atoms with E-state index in [-0.39, 0.29) is 5.91 Å². The monoisotopic (exact) mass is 329 g/mol. The van der Waals surface area contributed by atoms with Crippen molar-refractivity contribution in [3.63, 3.8) is 0 Å². The van der Waals surface area contributed by atoms with Gasteiger partial charge >= 0.3 is 0 Å². The van der Waals surface area contributed by atoms with Crippen molar-refractivity contribution < 1.29 is 19.0 Å². The predicted molar refractivity (Wildman–Crippen MR) is 92.5 cm³/mol. The van der Waals surface area contributed by atoms with Crippen LogP contribution < -0.4 is 19.5 Å². The average molecular weight is 329 g/mol. The molecule has 2 aromatic rings. The largest absolute Gasteiger partial charge is 0.497 e. The molecule has 2 rings (SSSR count). The van der Waals surface area contributed by atoms with Gasteiger partial charge in [-0.2, -0.15) is 0 Å². The lowest BCUT2D eigenvalue weighted by Gasteiger charge is -2.16. The molecule has 0 saturated heterocycles. The molecule has 5 heteroatoms. The average Bonchev–Trinajstić information content (AvgIpc) is 2.61. The SMILES string of the molecule is CCOc1ccccc1CNC(=O)[C@H](C)Oc1cccc(OC)c1. The molecule has 1 atom stereocenters. The van der Waals surface area contributed by atoms with Crippen LogP contribution in [-0.2, 0) is 11.3 Å². The number of amides is 1. The van der Waals surface area contributed by atoms with Crippen LogP contribution in [0.3, 0.4) is 0 Å². The zero-order valence-electron chi connectivity index (χ0n) is 14.2. The fourth-order valence-electron chi connectivity index (χ4n) is 2.20. The molecule has 24 heavy (non-hydrogen) atoms. The van der Waals surface area contributed by atoms with E-state index in [9.17, 15) is 4.79 Å². The van der Waals surface area contributed by atoms with Crippen LogP contribution in [-0.4, -0.2) is 25.7 Å². The Bertz CT molecular complexity index is 672. The molecule has 0 aliphatic heterocycles. The number of methoxy groups -OCH3 is 1. The second kappa shape index (κ2) is 8.82. The van der Waals surface area contributed by atoms with Gasteiger partial charge < -0.3 is 19.5 Å². The summed E-state index contributed by atoms with van der Waals surface area (Å²) >= 11 is 0. The van der Waals surface area contributed by atoms with Crippen molar-refractivity contribution >= 4 is 5.91 Å². The Labute approximate surface area is 142 Å². The molecule has 0 bridgehead atoms. The molecule has 0 aliphatic rings. The van der Waals surface area contributed by atoms with E-state index in [1.54, 1.807) is 26.2 Å². The van der Waals surface area contributed by atoms with Gasteiger partial charge in [0.15, 0.2) is 6.10 Å². The van der Waals surface area contributed by atoms with E-state index < -0.39 is 6.10 Å². The van der Waals surface area contributed by atoms with Gasteiger partial charge in [-0.05, 0) is 32.0 Å². The minimum Gasteiger partial charge on any atom is -0.497 e. The lowest BCUT2D eigenvalue weighted by atomic mass is 10.2.